The summed E-state index contributed by atoms with van der Waals surface area (Å²) in [4.78, 5) is 0. The minimum absolute atomic E-state index is 0.0678. The van der Waals surface area contributed by atoms with Crippen LogP contribution in [-0.2, 0) is 6.42 Å². The van der Waals surface area contributed by atoms with Crippen molar-refractivity contribution in [1.82, 2.24) is 0 Å². The quantitative estimate of drug-likeness (QED) is 0.896. The molecule has 1 nitrogen and oxygen atoms in total. The van der Waals surface area contributed by atoms with Crippen LogP contribution in [0.2, 0.25) is 0 Å². The number of hydrogen-bond donors (Lipinski definition) is 1. The van der Waals surface area contributed by atoms with Gasteiger partial charge in [0, 0.05) is 9.89 Å². The maximum atomic E-state index is 13.5. The van der Waals surface area contributed by atoms with Gasteiger partial charge in [0.1, 0.15) is 5.82 Å². The van der Waals surface area contributed by atoms with Gasteiger partial charge in [-0.05, 0) is 49.9 Å². The van der Waals surface area contributed by atoms with Crippen molar-refractivity contribution >= 4 is 15.9 Å². The summed E-state index contributed by atoms with van der Waals surface area (Å²) < 4.78 is 14.4. The number of hydrogen-bond acceptors (Lipinski definition) is 1. The summed E-state index contributed by atoms with van der Waals surface area (Å²) >= 11 is 3.33. The van der Waals surface area contributed by atoms with Crippen molar-refractivity contribution in [1.29, 1.82) is 0 Å². The van der Waals surface area contributed by atoms with E-state index in [-0.39, 0.29) is 17.3 Å². The van der Waals surface area contributed by atoms with E-state index in [1.54, 1.807) is 19.1 Å². The molecule has 0 aromatic heterocycles. The van der Waals surface area contributed by atoms with Crippen LogP contribution in [0.5, 0.6) is 0 Å². The van der Waals surface area contributed by atoms with E-state index < -0.39 is 0 Å². The molecule has 0 aliphatic heterocycles. The maximum Gasteiger partial charge on any atom is 0.126 e. The second kappa shape index (κ2) is 3.87. The number of halogens is 2. The van der Waals surface area contributed by atoms with Gasteiger partial charge in [-0.1, -0.05) is 15.9 Å². The molecule has 1 aliphatic carbocycles. The Morgan fingerprint density at radius 2 is 2.20 bits per heavy atom. The third kappa shape index (κ3) is 2.23. The first kappa shape index (κ1) is 11.1. The molecule has 1 atom stereocenters. The highest BCUT2D eigenvalue weighted by atomic mass is 79.9. The molecule has 2 rings (SSSR count). The second-order valence-electron chi connectivity index (χ2n) is 4.45. The van der Waals surface area contributed by atoms with E-state index in [1.807, 2.05) is 0 Å². The Hall–Kier alpha value is -0.410. The fraction of sp³-hybridized carbons (Fsp3) is 0.500. The van der Waals surface area contributed by atoms with Crippen LogP contribution in [-0.4, -0.2) is 11.2 Å². The van der Waals surface area contributed by atoms with Gasteiger partial charge >= 0.3 is 0 Å². The molecule has 3 heteroatoms. The Bertz CT molecular complexity index is 372. The fourth-order valence-electron chi connectivity index (χ4n) is 1.96. The summed E-state index contributed by atoms with van der Waals surface area (Å²) in [6.07, 6.45) is 2.28. The van der Waals surface area contributed by atoms with Gasteiger partial charge in [0.05, 0.1) is 6.10 Å². The zero-order valence-corrected chi connectivity index (χ0v) is 10.2. The number of benzene rings is 1. The van der Waals surface area contributed by atoms with Crippen molar-refractivity contribution in [3.63, 3.8) is 0 Å². The van der Waals surface area contributed by atoms with Gasteiger partial charge in [-0.3, -0.25) is 0 Å². The highest BCUT2D eigenvalue weighted by Gasteiger charge is 2.47. The van der Waals surface area contributed by atoms with Gasteiger partial charge in [0.2, 0.25) is 0 Å². The monoisotopic (exact) mass is 272 g/mol. The molecule has 0 bridgehead atoms. The predicted octanol–water partition coefficient (Wildman–Crippen LogP) is 3.29. The molecular weight excluding hydrogens is 259 g/mol. The van der Waals surface area contributed by atoms with Gasteiger partial charge in [0.25, 0.3) is 0 Å². The molecule has 1 fully saturated rings. The Morgan fingerprint density at radius 3 is 2.73 bits per heavy atom. The SMILES string of the molecule is CC(O)C1(Cc2cc(Br)ccc2F)CC1. The maximum absolute atomic E-state index is 13.5. The van der Waals surface area contributed by atoms with E-state index >= 15 is 0 Å². The lowest BCUT2D eigenvalue weighted by Gasteiger charge is -2.18. The molecular formula is C12H14BrFO. The van der Waals surface area contributed by atoms with Crippen LogP contribution in [0.4, 0.5) is 4.39 Å². The molecule has 1 unspecified atom stereocenters. The highest BCUT2D eigenvalue weighted by Crippen LogP contribution is 2.51. The van der Waals surface area contributed by atoms with Crippen LogP contribution >= 0.6 is 15.9 Å². The van der Waals surface area contributed by atoms with Crippen molar-refractivity contribution in [3.05, 3.63) is 34.1 Å². The molecule has 0 spiro atoms. The third-order valence-corrected chi connectivity index (χ3v) is 3.82. The van der Waals surface area contributed by atoms with Crippen molar-refractivity contribution in [3.8, 4) is 0 Å². The summed E-state index contributed by atoms with van der Waals surface area (Å²) in [5.74, 6) is -0.176. The van der Waals surface area contributed by atoms with Crippen LogP contribution in [0, 0.1) is 11.2 Å². The summed E-state index contributed by atoms with van der Waals surface area (Å²) in [5.41, 5.74) is 0.629. The second-order valence-corrected chi connectivity index (χ2v) is 5.37. The van der Waals surface area contributed by atoms with Crippen LogP contribution in [0.1, 0.15) is 25.3 Å². The van der Waals surface area contributed by atoms with Crippen molar-refractivity contribution in [2.75, 3.05) is 0 Å². The zero-order chi connectivity index (χ0) is 11.1. The van der Waals surface area contributed by atoms with Gasteiger partial charge in [0.15, 0.2) is 0 Å². The smallest absolute Gasteiger partial charge is 0.126 e. The molecule has 1 aliphatic rings. The van der Waals surface area contributed by atoms with Crippen LogP contribution in [0.15, 0.2) is 22.7 Å². The summed E-state index contributed by atoms with van der Waals surface area (Å²) in [7, 11) is 0. The van der Waals surface area contributed by atoms with E-state index in [9.17, 15) is 9.50 Å². The van der Waals surface area contributed by atoms with Gasteiger partial charge in [-0.2, -0.15) is 0 Å². The first-order valence-electron chi connectivity index (χ1n) is 5.15. The molecule has 1 N–H and O–H groups in total. The van der Waals surface area contributed by atoms with Gasteiger partial charge in [-0.25, -0.2) is 4.39 Å². The Morgan fingerprint density at radius 1 is 1.53 bits per heavy atom. The molecule has 82 valence electrons. The molecule has 1 aromatic rings. The molecule has 0 radical (unpaired) electrons. The molecule has 15 heavy (non-hydrogen) atoms. The first-order chi connectivity index (χ1) is 7.03. The third-order valence-electron chi connectivity index (χ3n) is 3.33. The molecule has 0 heterocycles. The van der Waals surface area contributed by atoms with Crippen LogP contribution in [0.3, 0.4) is 0 Å². The van der Waals surface area contributed by atoms with Gasteiger partial charge in [-0.15, -0.1) is 0 Å². The largest absolute Gasteiger partial charge is 0.393 e. The Balaban J connectivity index is 2.21. The van der Waals surface area contributed by atoms with E-state index in [4.69, 9.17) is 0 Å². The van der Waals surface area contributed by atoms with Crippen molar-refractivity contribution < 1.29 is 9.50 Å². The van der Waals surface area contributed by atoms with Crippen molar-refractivity contribution in [2.45, 2.75) is 32.3 Å². The molecule has 0 amide bonds. The molecule has 0 saturated heterocycles. The lowest BCUT2D eigenvalue weighted by atomic mass is 9.91. The lowest BCUT2D eigenvalue weighted by Crippen LogP contribution is -2.21. The average Bonchev–Trinajstić information content (AvgIpc) is 2.92. The summed E-state index contributed by atoms with van der Waals surface area (Å²) in [6, 6.07) is 4.97. The van der Waals surface area contributed by atoms with E-state index in [0.29, 0.717) is 12.0 Å². The number of aliphatic hydroxyl groups excluding tert-OH is 1. The minimum atomic E-state index is -0.351. The van der Waals surface area contributed by atoms with E-state index in [0.717, 1.165) is 17.3 Å². The van der Waals surface area contributed by atoms with Gasteiger partial charge < -0.3 is 5.11 Å². The Labute approximate surface area is 97.4 Å². The standard InChI is InChI=1S/C12H14BrFO/c1-8(15)12(4-5-12)7-9-6-10(13)2-3-11(9)14/h2-3,6,8,15H,4-5,7H2,1H3. The summed E-state index contributed by atoms with van der Waals surface area (Å²) in [5, 5.41) is 9.63. The topological polar surface area (TPSA) is 20.2 Å². The zero-order valence-electron chi connectivity index (χ0n) is 8.63. The number of aliphatic hydroxyl groups is 1. The normalized spacial score (nSPS) is 20.0. The van der Waals surface area contributed by atoms with Crippen molar-refractivity contribution in [2.24, 2.45) is 5.41 Å². The lowest BCUT2D eigenvalue weighted by molar-refractivity contribution is 0.110. The van der Waals surface area contributed by atoms with Crippen LogP contribution in [0.25, 0.3) is 0 Å². The highest BCUT2D eigenvalue weighted by molar-refractivity contribution is 9.10. The van der Waals surface area contributed by atoms with Crippen LogP contribution < -0.4 is 0 Å². The Kier molecular flexibility index (Phi) is 2.86. The molecule has 1 aromatic carbocycles. The number of rotatable bonds is 3. The summed E-state index contributed by atoms with van der Waals surface area (Å²) in [6.45, 7) is 1.79. The fourth-order valence-corrected chi connectivity index (χ4v) is 2.37. The van der Waals surface area contributed by atoms with E-state index in [2.05, 4.69) is 15.9 Å². The predicted molar refractivity (Wildman–Crippen MR) is 61.2 cm³/mol. The average molecular weight is 273 g/mol. The first-order valence-corrected chi connectivity index (χ1v) is 5.95. The molecule has 1 saturated carbocycles. The minimum Gasteiger partial charge on any atom is -0.393 e. The van der Waals surface area contributed by atoms with E-state index in [1.165, 1.54) is 6.07 Å².